The highest BCUT2D eigenvalue weighted by Crippen LogP contribution is 2.25. The third-order valence-electron chi connectivity index (χ3n) is 2.72. The van der Waals surface area contributed by atoms with Crippen molar-refractivity contribution in [1.29, 1.82) is 0 Å². The molecule has 1 atom stereocenters. The van der Waals surface area contributed by atoms with Crippen LogP contribution in [0.25, 0.3) is 0 Å². The summed E-state index contributed by atoms with van der Waals surface area (Å²) in [4.78, 5) is 23.0. The van der Waals surface area contributed by atoms with Crippen molar-refractivity contribution in [2.45, 2.75) is 26.7 Å². The predicted molar refractivity (Wildman–Crippen MR) is 54.3 cm³/mol. The molecule has 0 N–H and O–H groups in total. The first-order valence-corrected chi connectivity index (χ1v) is 5.41. The van der Waals surface area contributed by atoms with E-state index in [0.717, 1.165) is 12.8 Å². The summed E-state index contributed by atoms with van der Waals surface area (Å²) in [6, 6.07) is 0. The molecule has 0 aromatic carbocycles. The molecule has 1 saturated heterocycles. The van der Waals surface area contributed by atoms with Crippen LogP contribution in [0.4, 0.5) is 0 Å². The Kier molecular flexibility index (Phi) is 4.75. The Hall–Kier alpha value is -0.900. The molecule has 0 aromatic rings. The Bertz CT molecular complexity index is 231. The fourth-order valence-corrected chi connectivity index (χ4v) is 1.97. The summed E-state index contributed by atoms with van der Waals surface area (Å²) in [6.07, 6.45) is 1.53. The fraction of sp³-hybridized carbons (Fsp3) is 0.818. The van der Waals surface area contributed by atoms with Crippen molar-refractivity contribution in [1.82, 2.24) is 0 Å². The third-order valence-corrected chi connectivity index (χ3v) is 2.72. The van der Waals surface area contributed by atoms with Gasteiger partial charge in [0.25, 0.3) is 0 Å². The van der Waals surface area contributed by atoms with Crippen molar-refractivity contribution < 1.29 is 19.1 Å². The van der Waals surface area contributed by atoms with Crippen molar-refractivity contribution >= 4 is 11.8 Å². The summed E-state index contributed by atoms with van der Waals surface area (Å²) in [6.45, 7) is 4.80. The second-order valence-corrected chi connectivity index (χ2v) is 3.79. The van der Waals surface area contributed by atoms with Crippen LogP contribution < -0.4 is 0 Å². The monoisotopic (exact) mass is 214 g/mol. The Morgan fingerprint density at radius 1 is 1.40 bits per heavy atom. The lowest BCUT2D eigenvalue weighted by molar-refractivity contribution is -0.154. The average molecular weight is 214 g/mol. The highest BCUT2D eigenvalue weighted by Gasteiger charge is 2.34. The van der Waals surface area contributed by atoms with Crippen LogP contribution in [-0.4, -0.2) is 31.6 Å². The van der Waals surface area contributed by atoms with Crippen LogP contribution in [-0.2, 0) is 19.1 Å². The number of esters is 1. The highest BCUT2D eigenvalue weighted by atomic mass is 16.5. The molecular weight excluding hydrogens is 196 g/mol. The van der Waals surface area contributed by atoms with Crippen LogP contribution >= 0.6 is 0 Å². The van der Waals surface area contributed by atoms with Crippen LogP contribution in [0.1, 0.15) is 26.7 Å². The van der Waals surface area contributed by atoms with E-state index in [1.165, 1.54) is 6.92 Å². The third kappa shape index (κ3) is 3.30. The van der Waals surface area contributed by atoms with Gasteiger partial charge in [-0.15, -0.1) is 0 Å². The lowest BCUT2D eigenvalue weighted by Gasteiger charge is -2.27. The van der Waals surface area contributed by atoms with Gasteiger partial charge in [-0.1, -0.05) is 0 Å². The van der Waals surface area contributed by atoms with Gasteiger partial charge in [0.1, 0.15) is 11.7 Å². The Morgan fingerprint density at radius 3 is 2.47 bits per heavy atom. The summed E-state index contributed by atoms with van der Waals surface area (Å²) in [5, 5.41) is 0. The van der Waals surface area contributed by atoms with E-state index in [4.69, 9.17) is 9.47 Å². The van der Waals surface area contributed by atoms with Gasteiger partial charge in [0.05, 0.1) is 6.61 Å². The maximum atomic E-state index is 11.6. The van der Waals surface area contributed by atoms with Gasteiger partial charge in [0, 0.05) is 13.2 Å². The number of hydrogen-bond acceptors (Lipinski definition) is 4. The zero-order valence-corrected chi connectivity index (χ0v) is 9.32. The number of Topliss-reactive ketones (excluding diaryl/α,β-unsaturated/α-hetero) is 1. The van der Waals surface area contributed by atoms with E-state index in [9.17, 15) is 9.59 Å². The molecule has 1 aliphatic rings. The van der Waals surface area contributed by atoms with Crippen LogP contribution in [0, 0.1) is 11.8 Å². The Morgan fingerprint density at radius 2 is 2.00 bits per heavy atom. The molecule has 4 nitrogen and oxygen atoms in total. The topological polar surface area (TPSA) is 52.6 Å². The number of rotatable bonds is 4. The van der Waals surface area contributed by atoms with Crippen molar-refractivity contribution in [3.63, 3.8) is 0 Å². The maximum absolute atomic E-state index is 11.6. The van der Waals surface area contributed by atoms with E-state index in [0.29, 0.717) is 19.8 Å². The molecule has 1 unspecified atom stereocenters. The van der Waals surface area contributed by atoms with Gasteiger partial charge < -0.3 is 9.47 Å². The smallest absolute Gasteiger partial charge is 0.316 e. The predicted octanol–water partition coefficient (Wildman–Crippen LogP) is 1.18. The Labute approximate surface area is 89.9 Å². The second kappa shape index (κ2) is 5.85. The molecule has 0 aromatic heterocycles. The minimum absolute atomic E-state index is 0.0929. The molecule has 1 heterocycles. The van der Waals surface area contributed by atoms with Crippen molar-refractivity contribution in [3.05, 3.63) is 0 Å². The zero-order chi connectivity index (χ0) is 11.3. The summed E-state index contributed by atoms with van der Waals surface area (Å²) in [5.74, 6) is -0.971. The molecule has 0 amide bonds. The van der Waals surface area contributed by atoms with Crippen LogP contribution in [0.15, 0.2) is 0 Å². The lowest BCUT2D eigenvalue weighted by Crippen LogP contribution is -2.35. The van der Waals surface area contributed by atoms with Crippen molar-refractivity contribution in [3.8, 4) is 0 Å². The summed E-state index contributed by atoms with van der Waals surface area (Å²) in [5.41, 5.74) is 0. The van der Waals surface area contributed by atoms with E-state index in [2.05, 4.69) is 0 Å². The zero-order valence-electron chi connectivity index (χ0n) is 9.32. The molecule has 1 fully saturated rings. The molecule has 0 radical (unpaired) electrons. The van der Waals surface area contributed by atoms with E-state index in [1.54, 1.807) is 6.92 Å². The van der Waals surface area contributed by atoms with E-state index < -0.39 is 5.92 Å². The average Bonchev–Trinajstić information content (AvgIpc) is 2.19. The van der Waals surface area contributed by atoms with Gasteiger partial charge in [-0.05, 0) is 32.6 Å². The summed E-state index contributed by atoms with van der Waals surface area (Å²) in [7, 11) is 0. The number of ether oxygens (including phenoxy) is 2. The van der Waals surface area contributed by atoms with Crippen LogP contribution in [0.2, 0.25) is 0 Å². The van der Waals surface area contributed by atoms with Crippen LogP contribution in [0.3, 0.4) is 0 Å². The molecule has 86 valence electrons. The van der Waals surface area contributed by atoms with Crippen molar-refractivity contribution in [2.75, 3.05) is 19.8 Å². The van der Waals surface area contributed by atoms with E-state index in [-0.39, 0.29) is 17.7 Å². The van der Waals surface area contributed by atoms with Crippen LogP contribution in [0.5, 0.6) is 0 Å². The lowest BCUT2D eigenvalue weighted by atomic mass is 9.83. The minimum atomic E-state index is -0.589. The number of hydrogen-bond donors (Lipinski definition) is 0. The van der Waals surface area contributed by atoms with Gasteiger partial charge in [0.15, 0.2) is 0 Å². The molecule has 0 saturated carbocycles. The first kappa shape index (κ1) is 12.2. The number of carbonyl (C=O) groups is 2. The maximum Gasteiger partial charge on any atom is 0.316 e. The molecule has 1 aliphatic heterocycles. The van der Waals surface area contributed by atoms with Gasteiger partial charge in [-0.25, -0.2) is 0 Å². The first-order valence-electron chi connectivity index (χ1n) is 5.41. The molecular formula is C11H18O4. The van der Waals surface area contributed by atoms with Gasteiger partial charge in [0.2, 0.25) is 0 Å². The summed E-state index contributed by atoms with van der Waals surface area (Å²) < 4.78 is 10.1. The molecule has 4 heteroatoms. The molecule has 15 heavy (non-hydrogen) atoms. The largest absolute Gasteiger partial charge is 0.465 e. The standard InChI is InChI=1S/C11H18O4/c1-3-15-11(13)10(8(2)12)9-4-6-14-7-5-9/h9-10H,3-7H2,1-2H3. The molecule has 0 bridgehead atoms. The number of ketones is 1. The molecule has 0 spiro atoms. The van der Waals surface area contributed by atoms with Gasteiger partial charge in [-0.3, -0.25) is 9.59 Å². The highest BCUT2D eigenvalue weighted by molar-refractivity contribution is 5.98. The SMILES string of the molecule is CCOC(=O)C(C(C)=O)C1CCOCC1. The van der Waals surface area contributed by atoms with Crippen molar-refractivity contribution in [2.24, 2.45) is 11.8 Å². The summed E-state index contributed by atoms with van der Waals surface area (Å²) >= 11 is 0. The Balaban J connectivity index is 2.63. The normalized spacial score (nSPS) is 19.6. The first-order chi connectivity index (χ1) is 7.16. The fourth-order valence-electron chi connectivity index (χ4n) is 1.97. The van der Waals surface area contributed by atoms with Gasteiger partial charge in [-0.2, -0.15) is 0 Å². The number of carbonyl (C=O) groups excluding carboxylic acids is 2. The van der Waals surface area contributed by atoms with Gasteiger partial charge >= 0.3 is 5.97 Å². The van der Waals surface area contributed by atoms with E-state index in [1.807, 2.05) is 0 Å². The van der Waals surface area contributed by atoms with E-state index >= 15 is 0 Å². The molecule has 1 rings (SSSR count). The second-order valence-electron chi connectivity index (χ2n) is 3.79. The molecule has 0 aliphatic carbocycles. The minimum Gasteiger partial charge on any atom is -0.465 e. The quantitative estimate of drug-likeness (QED) is 0.521.